The Morgan fingerprint density at radius 1 is 0.656 bits per heavy atom. The highest BCUT2D eigenvalue weighted by Crippen LogP contribution is 2.35. The Kier molecular flexibility index (Phi) is 5.30. The van der Waals surface area contributed by atoms with Gasteiger partial charge in [-0.15, -0.1) is 0 Å². The van der Waals surface area contributed by atoms with Crippen LogP contribution in [-0.2, 0) is 6.18 Å². The van der Waals surface area contributed by atoms with Crippen molar-refractivity contribution in [3.8, 4) is 45.7 Å². The number of aromatic nitrogens is 3. The molecule has 0 atom stereocenters. The van der Waals surface area contributed by atoms with Gasteiger partial charge in [-0.1, -0.05) is 18.2 Å². The van der Waals surface area contributed by atoms with Crippen LogP contribution in [0, 0.1) is 13.8 Å². The lowest BCUT2D eigenvalue weighted by Crippen LogP contribution is -2.06. The van der Waals surface area contributed by atoms with Gasteiger partial charge in [-0.05, 0) is 67.4 Å². The maximum Gasteiger partial charge on any atom is 0.416 e. The molecule has 0 amide bonds. The molecule has 32 heavy (non-hydrogen) atoms. The molecule has 1 aromatic heterocycles. The fraction of sp³-hybridized carbons (Fsp3) is 0.125. The zero-order chi connectivity index (χ0) is 23.0. The first-order valence-electron chi connectivity index (χ1n) is 9.65. The fourth-order valence-corrected chi connectivity index (χ4v) is 3.32. The number of phenols is 2. The number of nitrogens with zero attached hydrogens (tertiary/aromatic N) is 3. The average molecular weight is 437 g/mol. The Labute approximate surface area is 181 Å². The molecule has 0 saturated carbocycles. The van der Waals surface area contributed by atoms with E-state index in [4.69, 9.17) is 0 Å². The summed E-state index contributed by atoms with van der Waals surface area (Å²) in [4.78, 5) is 13.1. The minimum Gasteiger partial charge on any atom is -0.507 e. The van der Waals surface area contributed by atoms with E-state index in [1.54, 1.807) is 44.2 Å². The summed E-state index contributed by atoms with van der Waals surface area (Å²) < 4.78 is 40.1. The van der Waals surface area contributed by atoms with Gasteiger partial charge in [0.2, 0.25) is 0 Å². The molecule has 0 radical (unpaired) electrons. The van der Waals surface area contributed by atoms with E-state index in [-0.39, 0.29) is 40.1 Å². The highest BCUT2D eigenvalue weighted by molar-refractivity contribution is 5.72. The predicted octanol–water partition coefficient (Wildman–Crippen LogP) is 5.92. The van der Waals surface area contributed by atoms with Crippen LogP contribution in [0.15, 0.2) is 60.7 Å². The maximum absolute atomic E-state index is 13.4. The Morgan fingerprint density at radius 3 is 1.91 bits per heavy atom. The van der Waals surface area contributed by atoms with Gasteiger partial charge in [0.15, 0.2) is 17.5 Å². The molecular formula is C24H18F3N3O2. The van der Waals surface area contributed by atoms with Crippen LogP contribution in [0.5, 0.6) is 11.5 Å². The molecule has 4 aromatic rings. The Bertz CT molecular complexity index is 1320. The van der Waals surface area contributed by atoms with Crippen molar-refractivity contribution in [1.29, 1.82) is 0 Å². The molecule has 0 bridgehead atoms. The van der Waals surface area contributed by atoms with E-state index in [1.807, 2.05) is 0 Å². The number of rotatable bonds is 3. The third-order valence-corrected chi connectivity index (χ3v) is 4.84. The van der Waals surface area contributed by atoms with Crippen molar-refractivity contribution in [2.45, 2.75) is 20.0 Å². The van der Waals surface area contributed by atoms with Crippen LogP contribution in [0.1, 0.15) is 16.7 Å². The summed E-state index contributed by atoms with van der Waals surface area (Å²) in [7, 11) is 0. The van der Waals surface area contributed by atoms with Gasteiger partial charge in [0.1, 0.15) is 11.5 Å². The van der Waals surface area contributed by atoms with E-state index >= 15 is 0 Å². The van der Waals surface area contributed by atoms with Gasteiger partial charge in [-0.2, -0.15) is 13.2 Å². The number of phenolic OH excluding ortho intramolecular Hbond substituents is 2. The van der Waals surface area contributed by atoms with Crippen molar-refractivity contribution in [2.75, 3.05) is 0 Å². The van der Waals surface area contributed by atoms with Gasteiger partial charge >= 0.3 is 6.18 Å². The van der Waals surface area contributed by atoms with Gasteiger partial charge < -0.3 is 10.2 Å². The normalized spacial score (nSPS) is 11.5. The quantitative estimate of drug-likeness (QED) is 0.416. The van der Waals surface area contributed by atoms with Gasteiger partial charge in [0.25, 0.3) is 0 Å². The predicted molar refractivity (Wildman–Crippen MR) is 114 cm³/mol. The molecular weight excluding hydrogens is 419 g/mol. The summed E-state index contributed by atoms with van der Waals surface area (Å²) in [6.07, 6.45) is -4.54. The number of hydrogen-bond donors (Lipinski definition) is 2. The maximum atomic E-state index is 13.4. The van der Waals surface area contributed by atoms with Crippen molar-refractivity contribution in [2.24, 2.45) is 0 Å². The van der Waals surface area contributed by atoms with Gasteiger partial charge in [-0.25, -0.2) is 15.0 Å². The molecule has 5 nitrogen and oxygen atoms in total. The van der Waals surface area contributed by atoms with Crippen LogP contribution < -0.4 is 0 Å². The summed E-state index contributed by atoms with van der Waals surface area (Å²) in [5.74, 6) is -0.0454. The molecule has 4 rings (SSSR count). The van der Waals surface area contributed by atoms with Crippen LogP contribution in [0.4, 0.5) is 13.2 Å². The van der Waals surface area contributed by atoms with E-state index < -0.39 is 11.7 Å². The third-order valence-electron chi connectivity index (χ3n) is 4.84. The second-order valence-corrected chi connectivity index (χ2v) is 7.43. The minimum absolute atomic E-state index is 0.0116. The summed E-state index contributed by atoms with van der Waals surface area (Å²) in [5, 5.41) is 20.7. The molecule has 0 saturated heterocycles. The summed E-state index contributed by atoms with van der Waals surface area (Å²) in [6, 6.07) is 14.8. The number of benzene rings is 3. The first-order valence-corrected chi connectivity index (χ1v) is 9.65. The molecule has 0 unspecified atom stereocenters. The summed E-state index contributed by atoms with van der Waals surface area (Å²) >= 11 is 0. The van der Waals surface area contributed by atoms with E-state index in [1.165, 1.54) is 18.2 Å². The molecule has 0 fully saturated rings. The number of halogens is 3. The van der Waals surface area contributed by atoms with Crippen molar-refractivity contribution >= 4 is 0 Å². The van der Waals surface area contributed by atoms with Crippen LogP contribution in [0.25, 0.3) is 34.2 Å². The lowest BCUT2D eigenvalue weighted by molar-refractivity contribution is -0.137. The lowest BCUT2D eigenvalue weighted by atomic mass is 10.0. The van der Waals surface area contributed by atoms with Crippen molar-refractivity contribution in [1.82, 2.24) is 15.0 Å². The monoisotopic (exact) mass is 437 g/mol. The van der Waals surface area contributed by atoms with E-state index in [0.717, 1.165) is 17.7 Å². The Hall–Kier alpha value is -3.94. The van der Waals surface area contributed by atoms with Crippen molar-refractivity contribution < 1.29 is 23.4 Å². The lowest BCUT2D eigenvalue weighted by Gasteiger charge is -2.13. The molecule has 8 heteroatoms. The Morgan fingerprint density at radius 2 is 1.28 bits per heavy atom. The van der Waals surface area contributed by atoms with Crippen molar-refractivity contribution in [3.63, 3.8) is 0 Å². The zero-order valence-corrected chi connectivity index (χ0v) is 17.1. The molecule has 0 spiro atoms. The fourth-order valence-electron chi connectivity index (χ4n) is 3.32. The molecule has 0 aliphatic heterocycles. The van der Waals surface area contributed by atoms with E-state index in [0.29, 0.717) is 11.1 Å². The molecule has 0 aliphatic carbocycles. The largest absolute Gasteiger partial charge is 0.507 e. The van der Waals surface area contributed by atoms with E-state index in [2.05, 4.69) is 15.0 Å². The topological polar surface area (TPSA) is 79.1 Å². The smallest absolute Gasteiger partial charge is 0.416 e. The molecule has 2 N–H and O–H groups in total. The Balaban J connectivity index is 1.98. The first-order chi connectivity index (χ1) is 15.1. The molecule has 1 heterocycles. The second-order valence-electron chi connectivity index (χ2n) is 7.43. The minimum atomic E-state index is -4.54. The van der Waals surface area contributed by atoms with Gasteiger partial charge in [-0.3, -0.25) is 0 Å². The molecule has 3 aromatic carbocycles. The number of alkyl halides is 3. The third kappa shape index (κ3) is 4.25. The van der Waals surface area contributed by atoms with Crippen LogP contribution in [-0.4, -0.2) is 25.2 Å². The number of para-hydroxylation sites is 1. The molecule has 0 aliphatic rings. The number of hydrogen-bond acceptors (Lipinski definition) is 5. The highest BCUT2D eigenvalue weighted by Gasteiger charge is 2.31. The van der Waals surface area contributed by atoms with Crippen LogP contribution in [0.2, 0.25) is 0 Å². The SMILES string of the molecule is Cc1cc(-c2nc(-c3ccccc3O)nc(-c3ccc(C)cc3O)n2)cc(C(F)(F)F)c1. The second kappa shape index (κ2) is 7.96. The number of aryl methyl sites for hydroxylation is 2. The van der Waals surface area contributed by atoms with Gasteiger partial charge in [0.05, 0.1) is 16.7 Å². The molecule has 162 valence electrons. The summed E-state index contributed by atoms with van der Waals surface area (Å²) in [5.41, 5.74) is 1.10. The van der Waals surface area contributed by atoms with Gasteiger partial charge in [0, 0.05) is 5.56 Å². The van der Waals surface area contributed by atoms with Crippen LogP contribution in [0.3, 0.4) is 0 Å². The zero-order valence-electron chi connectivity index (χ0n) is 17.1. The van der Waals surface area contributed by atoms with E-state index in [9.17, 15) is 23.4 Å². The average Bonchev–Trinajstić information content (AvgIpc) is 2.72. The number of aromatic hydroxyl groups is 2. The standard InChI is InChI=1S/C24H18F3N3O2/c1-13-7-8-18(20(32)11-13)23-29-21(15-9-14(2)10-16(12-15)24(25,26)27)28-22(30-23)17-5-3-4-6-19(17)31/h3-12,31-32H,1-2H3. The summed E-state index contributed by atoms with van der Waals surface area (Å²) in [6.45, 7) is 3.36. The van der Waals surface area contributed by atoms with Crippen molar-refractivity contribution in [3.05, 3.63) is 77.4 Å². The first kappa shape index (κ1) is 21.3. The van der Waals surface area contributed by atoms with Crippen LogP contribution >= 0.6 is 0 Å². The highest BCUT2D eigenvalue weighted by atomic mass is 19.4.